The first-order valence-corrected chi connectivity index (χ1v) is 9.89. The number of methoxy groups -OCH3 is 1. The normalized spacial score (nSPS) is 16.7. The predicted molar refractivity (Wildman–Crippen MR) is 106 cm³/mol. The van der Waals surface area contributed by atoms with Gasteiger partial charge in [0.15, 0.2) is 0 Å². The fourth-order valence-electron chi connectivity index (χ4n) is 3.25. The molecule has 1 fully saturated rings. The minimum absolute atomic E-state index is 0. The number of likely N-dealkylation sites (tertiary alicyclic amines) is 1. The van der Waals surface area contributed by atoms with E-state index < -0.39 is 10.8 Å². The molecule has 3 rings (SSSR count). The van der Waals surface area contributed by atoms with Gasteiger partial charge in [0.05, 0.1) is 22.8 Å². The molecule has 1 saturated heterocycles. The molecule has 2 aromatic carbocycles. The van der Waals surface area contributed by atoms with Gasteiger partial charge in [0, 0.05) is 11.8 Å². The van der Waals surface area contributed by atoms with Gasteiger partial charge in [-0.3, -0.25) is 4.21 Å². The summed E-state index contributed by atoms with van der Waals surface area (Å²) in [5.74, 6) is 0.517. The van der Waals surface area contributed by atoms with Gasteiger partial charge in [-0.15, -0.1) is 12.4 Å². The van der Waals surface area contributed by atoms with Crippen LogP contribution in [-0.4, -0.2) is 41.1 Å². The maximum atomic E-state index is 12.9. The molecule has 0 aromatic heterocycles. The molecule has 1 atom stereocenters. The summed E-state index contributed by atoms with van der Waals surface area (Å²) in [7, 11) is 0.587. The average Bonchev–Trinajstić information content (AvgIpc) is 2.67. The molecule has 0 N–H and O–H groups in total. The summed E-state index contributed by atoms with van der Waals surface area (Å²) in [4.78, 5) is 3.20. The lowest BCUT2D eigenvalue weighted by atomic mass is 10.1. The van der Waals surface area contributed by atoms with Gasteiger partial charge in [-0.05, 0) is 62.2 Å². The molecule has 1 aliphatic heterocycles. The highest BCUT2D eigenvalue weighted by Gasteiger charge is 2.26. The van der Waals surface area contributed by atoms with E-state index in [9.17, 15) is 8.60 Å². The van der Waals surface area contributed by atoms with Crippen molar-refractivity contribution in [2.24, 2.45) is 0 Å². The maximum Gasteiger partial charge on any atom is 0.134 e. The van der Waals surface area contributed by atoms with E-state index in [1.807, 2.05) is 36.4 Å². The van der Waals surface area contributed by atoms with Gasteiger partial charge in [-0.25, -0.2) is 4.39 Å². The van der Waals surface area contributed by atoms with Gasteiger partial charge in [0.25, 0.3) is 0 Å². The van der Waals surface area contributed by atoms with Crippen LogP contribution in [0.4, 0.5) is 4.39 Å². The quantitative estimate of drug-likeness (QED) is 0.735. The fraction of sp³-hybridized carbons (Fsp3) is 0.400. The first-order chi connectivity index (χ1) is 12.2. The Morgan fingerprint density at radius 2 is 1.77 bits per heavy atom. The van der Waals surface area contributed by atoms with E-state index in [-0.39, 0.29) is 23.5 Å². The Bertz CT molecular complexity index is 718. The van der Waals surface area contributed by atoms with Crippen molar-refractivity contribution in [3.05, 3.63) is 59.9 Å². The fourth-order valence-corrected chi connectivity index (χ4v) is 4.81. The van der Waals surface area contributed by atoms with Crippen LogP contribution in [0.3, 0.4) is 0 Å². The molecule has 0 aliphatic carbocycles. The van der Waals surface area contributed by atoms with Crippen LogP contribution in [0.15, 0.2) is 53.4 Å². The van der Waals surface area contributed by atoms with Crippen LogP contribution >= 0.6 is 12.4 Å². The van der Waals surface area contributed by atoms with Crippen LogP contribution in [0.2, 0.25) is 0 Å². The zero-order valence-electron chi connectivity index (χ0n) is 14.9. The second-order valence-corrected chi connectivity index (χ2v) is 8.07. The van der Waals surface area contributed by atoms with Gasteiger partial charge in [0.2, 0.25) is 0 Å². The van der Waals surface area contributed by atoms with Gasteiger partial charge >= 0.3 is 0 Å². The number of para-hydroxylation sites is 1. The second-order valence-electron chi connectivity index (χ2n) is 6.37. The molecule has 3 nitrogen and oxygen atoms in total. The highest BCUT2D eigenvalue weighted by atomic mass is 35.5. The highest BCUT2D eigenvalue weighted by molar-refractivity contribution is 7.85. The summed E-state index contributed by atoms with van der Waals surface area (Å²) < 4.78 is 31.2. The summed E-state index contributed by atoms with van der Waals surface area (Å²) in [5, 5.41) is 0.179. The molecule has 26 heavy (non-hydrogen) atoms. The van der Waals surface area contributed by atoms with Crippen molar-refractivity contribution in [2.45, 2.75) is 29.4 Å². The van der Waals surface area contributed by atoms with Gasteiger partial charge in [0.1, 0.15) is 11.6 Å². The van der Waals surface area contributed by atoms with Crippen molar-refractivity contribution >= 4 is 23.2 Å². The Kier molecular flexibility index (Phi) is 8.07. The number of benzene rings is 2. The molecule has 6 heteroatoms. The lowest BCUT2D eigenvalue weighted by Gasteiger charge is -2.31. The standard InChI is InChI=1S/C20H24FNO2S.ClH/c1-24-19-4-2-3-5-20(19)25(23)18-11-14-22(15-12-18)13-10-16-6-8-17(21)9-7-16;/h2-9,18H,10-15H2,1H3;1H. The number of rotatable bonds is 6. The van der Waals surface area contributed by atoms with Crippen LogP contribution in [0.5, 0.6) is 5.75 Å². The zero-order valence-corrected chi connectivity index (χ0v) is 16.5. The molecule has 1 aliphatic rings. The third-order valence-corrected chi connectivity index (χ3v) is 6.60. The van der Waals surface area contributed by atoms with Crippen molar-refractivity contribution in [2.75, 3.05) is 26.7 Å². The molecule has 142 valence electrons. The lowest BCUT2D eigenvalue weighted by molar-refractivity contribution is 0.234. The van der Waals surface area contributed by atoms with Crippen molar-refractivity contribution < 1.29 is 13.3 Å². The number of hydrogen-bond donors (Lipinski definition) is 0. The summed E-state index contributed by atoms with van der Waals surface area (Å²) in [6, 6.07) is 14.3. The number of halogens is 2. The van der Waals surface area contributed by atoms with E-state index in [1.54, 1.807) is 7.11 Å². The van der Waals surface area contributed by atoms with Crippen LogP contribution in [-0.2, 0) is 17.2 Å². The Balaban J connectivity index is 0.00000243. The average molecular weight is 398 g/mol. The first-order valence-electron chi connectivity index (χ1n) is 8.68. The monoisotopic (exact) mass is 397 g/mol. The third-order valence-electron chi connectivity index (χ3n) is 4.75. The van der Waals surface area contributed by atoms with Crippen LogP contribution < -0.4 is 4.74 Å². The summed E-state index contributed by atoms with van der Waals surface area (Å²) in [6.07, 6.45) is 2.77. The van der Waals surface area contributed by atoms with Crippen LogP contribution in [0, 0.1) is 5.82 Å². The van der Waals surface area contributed by atoms with E-state index >= 15 is 0 Å². The largest absolute Gasteiger partial charge is 0.495 e. The molecule has 0 amide bonds. The molecule has 0 bridgehead atoms. The number of piperidine rings is 1. The molecule has 0 radical (unpaired) electrons. The molecule has 0 spiro atoms. The third kappa shape index (κ3) is 5.29. The van der Waals surface area contributed by atoms with Crippen LogP contribution in [0.25, 0.3) is 0 Å². The number of hydrogen-bond acceptors (Lipinski definition) is 3. The zero-order chi connectivity index (χ0) is 17.6. The summed E-state index contributed by atoms with van der Waals surface area (Å²) in [6.45, 7) is 2.86. The number of ether oxygens (including phenoxy) is 1. The highest BCUT2D eigenvalue weighted by Crippen LogP contribution is 2.27. The molecule has 1 unspecified atom stereocenters. The van der Waals surface area contributed by atoms with Gasteiger partial charge in [-0.1, -0.05) is 24.3 Å². The molecular weight excluding hydrogens is 373 g/mol. The summed E-state index contributed by atoms with van der Waals surface area (Å²) in [5.41, 5.74) is 1.15. The first kappa shape index (κ1) is 20.9. The Hall–Kier alpha value is -1.43. The topological polar surface area (TPSA) is 29.5 Å². The van der Waals surface area contributed by atoms with E-state index in [0.29, 0.717) is 5.75 Å². The van der Waals surface area contributed by atoms with Crippen molar-refractivity contribution in [1.82, 2.24) is 4.90 Å². The van der Waals surface area contributed by atoms with E-state index in [0.717, 1.165) is 49.4 Å². The van der Waals surface area contributed by atoms with Crippen molar-refractivity contribution in [1.29, 1.82) is 0 Å². The molecule has 1 heterocycles. The smallest absolute Gasteiger partial charge is 0.134 e. The number of nitrogens with zero attached hydrogens (tertiary/aromatic N) is 1. The van der Waals surface area contributed by atoms with E-state index in [2.05, 4.69) is 4.90 Å². The maximum absolute atomic E-state index is 12.9. The van der Waals surface area contributed by atoms with Gasteiger partial charge < -0.3 is 9.64 Å². The summed E-state index contributed by atoms with van der Waals surface area (Å²) >= 11 is 0. The van der Waals surface area contributed by atoms with Crippen LogP contribution in [0.1, 0.15) is 18.4 Å². The molecular formula is C20H25ClFNO2S. The minimum atomic E-state index is -1.03. The minimum Gasteiger partial charge on any atom is -0.495 e. The Morgan fingerprint density at radius 1 is 1.12 bits per heavy atom. The van der Waals surface area contributed by atoms with E-state index in [1.165, 1.54) is 12.1 Å². The SMILES string of the molecule is COc1ccccc1S(=O)C1CCN(CCc2ccc(F)cc2)CC1.Cl. The molecule has 0 saturated carbocycles. The molecule has 2 aromatic rings. The lowest BCUT2D eigenvalue weighted by Crippen LogP contribution is -2.38. The van der Waals surface area contributed by atoms with Crippen molar-refractivity contribution in [3.8, 4) is 5.75 Å². The van der Waals surface area contributed by atoms with E-state index in [4.69, 9.17) is 4.74 Å². The Morgan fingerprint density at radius 3 is 2.42 bits per heavy atom. The Labute approximate surface area is 163 Å². The van der Waals surface area contributed by atoms with Crippen molar-refractivity contribution in [3.63, 3.8) is 0 Å². The van der Waals surface area contributed by atoms with Gasteiger partial charge in [-0.2, -0.15) is 0 Å². The predicted octanol–water partition coefficient (Wildman–Crippen LogP) is 4.07. The second kappa shape index (κ2) is 10.0.